The number of β-amino-alcohol motifs (C(OH)–C–C–N with tert-alkyl or cyclic N) is 1. The van der Waals surface area contributed by atoms with Crippen molar-refractivity contribution in [3.05, 3.63) is 58.9 Å². The second-order valence-corrected chi connectivity index (χ2v) is 7.23. The normalized spacial score (nSPS) is 19.2. The van der Waals surface area contributed by atoms with E-state index in [4.69, 9.17) is 16.6 Å². The van der Waals surface area contributed by atoms with Crippen LogP contribution in [0.2, 0.25) is 5.02 Å². The number of hydrogen-bond donors (Lipinski definition) is 2. The van der Waals surface area contributed by atoms with Crippen LogP contribution in [-0.4, -0.2) is 52.0 Å². The molecule has 3 heterocycles. The average Bonchev–Trinajstić information content (AvgIpc) is 3.10. The molecule has 2 aromatic carbocycles. The highest BCUT2D eigenvalue weighted by atomic mass is 35.5. The van der Waals surface area contributed by atoms with Crippen LogP contribution in [0.3, 0.4) is 0 Å². The third-order valence-electron chi connectivity index (χ3n) is 5.03. The van der Waals surface area contributed by atoms with E-state index < -0.39 is 6.17 Å². The number of rotatable bonds is 3. The summed E-state index contributed by atoms with van der Waals surface area (Å²) in [7, 11) is 0. The first-order valence-electron chi connectivity index (χ1n) is 8.99. The zero-order chi connectivity index (χ0) is 19.3. The predicted octanol–water partition coefficient (Wildman–Crippen LogP) is 2.36. The number of guanidine groups is 1. The summed E-state index contributed by atoms with van der Waals surface area (Å²) in [6.07, 6.45) is -0.527. The minimum Gasteiger partial charge on any atom is -0.395 e. The molecular formula is C19H18ClFN6O. The molecule has 2 aliphatic heterocycles. The van der Waals surface area contributed by atoms with Crippen LogP contribution in [0.25, 0.3) is 11.0 Å². The molecule has 0 saturated heterocycles. The van der Waals surface area contributed by atoms with Crippen LogP contribution >= 0.6 is 11.6 Å². The first kappa shape index (κ1) is 17.4. The summed E-state index contributed by atoms with van der Waals surface area (Å²) in [6.45, 7) is 1.55. The number of imidazole rings is 1. The molecule has 0 unspecified atom stereocenters. The number of fused-ring (bicyclic) bond motifs is 5. The molecule has 5 rings (SSSR count). The molecule has 0 aliphatic carbocycles. The van der Waals surface area contributed by atoms with Gasteiger partial charge in [0.25, 0.3) is 0 Å². The Labute approximate surface area is 165 Å². The Morgan fingerprint density at radius 1 is 1.25 bits per heavy atom. The van der Waals surface area contributed by atoms with Crippen LogP contribution in [0.1, 0.15) is 11.7 Å². The van der Waals surface area contributed by atoms with Crippen LogP contribution < -0.4 is 10.2 Å². The fraction of sp³-hybridized carbons (Fsp3) is 0.263. The standard InChI is InChI=1S/C19H18ClFN6O/c20-12-5-6-14(21)13(9-12)17-24-18-22-10-25(7-8-28)11-26(18)19-23-15-3-1-2-4-16(15)27(17)19/h1-6,9,17,28H,7-8,10-11H2,(H,22,24)/t17-/m0/s1. The van der Waals surface area contributed by atoms with Gasteiger partial charge in [-0.15, -0.1) is 0 Å². The zero-order valence-electron chi connectivity index (χ0n) is 14.9. The Morgan fingerprint density at radius 2 is 2.11 bits per heavy atom. The van der Waals surface area contributed by atoms with E-state index in [1.165, 1.54) is 12.1 Å². The molecular weight excluding hydrogens is 383 g/mol. The largest absolute Gasteiger partial charge is 0.395 e. The van der Waals surface area contributed by atoms with Gasteiger partial charge in [0.1, 0.15) is 12.0 Å². The number of aromatic nitrogens is 2. The predicted molar refractivity (Wildman–Crippen MR) is 106 cm³/mol. The van der Waals surface area contributed by atoms with Crippen molar-refractivity contribution in [1.82, 2.24) is 19.8 Å². The number of halogens is 2. The Hall–Kier alpha value is -2.68. The molecule has 0 bridgehead atoms. The van der Waals surface area contributed by atoms with Gasteiger partial charge in [-0.1, -0.05) is 23.7 Å². The number of aliphatic hydroxyl groups excluding tert-OH is 1. The molecule has 7 nitrogen and oxygen atoms in total. The highest BCUT2D eigenvalue weighted by Gasteiger charge is 2.36. The van der Waals surface area contributed by atoms with Gasteiger partial charge in [-0.2, -0.15) is 0 Å². The molecule has 144 valence electrons. The maximum absolute atomic E-state index is 14.7. The van der Waals surface area contributed by atoms with Crippen molar-refractivity contribution in [2.24, 2.45) is 4.99 Å². The highest BCUT2D eigenvalue weighted by Crippen LogP contribution is 2.35. The lowest BCUT2D eigenvalue weighted by Crippen LogP contribution is -2.57. The number of benzene rings is 2. The van der Waals surface area contributed by atoms with Gasteiger partial charge in [0.05, 0.1) is 31.0 Å². The highest BCUT2D eigenvalue weighted by molar-refractivity contribution is 6.30. The Balaban J connectivity index is 1.70. The van der Waals surface area contributed by atoms with Crippen molar-refractivity contribution in [2.75, 3.05) is 31.4 Å². The second kappa shape index (κ2) is 6.73. The van der Waals surface area contributed by atoms with Crippen molar-refractivity contribution < 1.29 is 9.50 Å². The maximum Gasteiger partial charge on any atom is 0.216 e. The molecule has 28 heavy (non-hydrogen) atoms. The van der Waals surface area contributed by atoms with E-state index in [0.717, 1.165) is 11.0 Å². The average molecular weight is 401 g/mol. The van der Waals surface area contributed by atoms with Crippen molar-refractivity contribution in [2.45, 2.75) is 6.17 Å². The van der Waals surface area contributed by atoms with Crippen LogP contribution in [0.4, 0.5) is 10.3 Å². The smallest absolute Gasteiger partial charge is 0.216 e. The lowest BCUT2D eigenvalue weighted by atomic mass is 10.1. The summed E-state index contributed by atoms with van der Waals surface area (Å²) < 4.78 is 16.7. The molecule has 3 aromatic rings. The van der Waals surface area contributed by atoms with E-state index >= 15 is 0 Å². The van der Waals surface area contributed by atoms with Gasteiger partial charge < -0.3 is 10.4 Å². The van der Waals surface area contributed by atoms with Crippen LogP contribution in [0, 0.1) is 5.82 Å². The Bertz CT molecular complexity index is 1080. The lowest BCUT2D eigenvalue weighted by Gasteiger charge is -2.41. The molecule has 1 atom stereocenters. The van der Waals surface area contributed by atoms with Gasteiger partial charge in [0.2, 0.25) is 11.9 Å². The summed E-state index contributed by atoms with van der Waals surface area (Å²) in [5.41, 5.74) is 2.12. The van der Waals surface area contributed by atoms with Gasteiger partial charge in [0.15, 0.2) is 0 Å². The number of hydrogen-bond acceptors (Lipinski definition) is 6. The maximum atomic E-state index is 14.7. The molecule has 0 fully saturated rings. The van der Waals surface area contributed by atoms with Crippen molar-refractivity contribution >= 4 is 34.5 Å². The third kappa shape index (κ3) is 2.72. The topological polar surface area (TPSA) is 68.9 Å². The quantitative estimate of drug-likeness (QED) is 0.706. The third-order valence-corrected chi connectivity index (χ3v) is 5.26. The molecule has 0 radical (unpaired) electrons. The van der Waals surface area contributed by atoms with E-state index in [1.807, 2.05) is 38.6 Å². The summed E-state index contributed by atoms with van der Waals surface area (Å²) >= 11 is 6.16. The second-order valence-electron chi connectivity index (χ2n) is 6.79. The molecule has 2 N–H and O–H groups in total. The lowest BCUT2D eigenvalue weighted by molar-refractivity contribution is 0.195. The SMILES string of the molecule is OCCN1CN=C2N[C@H](c3cc(Cl)ccc3F)n3c(nc4ccccc43)N2C1. The molecule has 0 saturated carbocycles. The fourth-order valence-electron chi connectivity index (χ4n) is 3.73. The Morgan fingerprint density at radius 3 is 2.96 bits per heavy atom. The van der Waals surface area contributed by atoms with Crippen LogP contribution in [-0.2, 0) is 0 Å². The van der Waals surface area contributed by atoms with Gasteiger partial charge in [-0.3, -0.25) is 14.4 Å². The van der Waals surface area contributed by atoms with Crippen LogP contribution in [0.15, 0.2) is 47.5 Å². The monoisotopic (exact) mass is 400 g/mol. The summed E-state index contributed by atoms with van der Waals surface area (Å²) in [5, 5.41) is 13.1. The first-order valence-corrected chi connectivity index (χ1v) is 9.37. The molecule has 9 heteroatoms. The molecule has 0 spiro atoms. The minimum atomic E-state index is -0.527. The summed E-state index contributed by atoms with van der Waals surface area (Å²) in [5.74, 6) is 0.949. The van der Waals surface area contributed by atoms with E-state index in [1.54, 1.807) is 6.07 Å². The summed E-state index contributed by atoms with van der Waals surface area (Å²) in [6, 6.07) is 12.3. The van der Waals surface area contributed by atoms with E-state index in [2.05, 4.69) is 10.3 Å². The van der Waals surface area contributed by atoms with Gasteiger partial charge in [-0.25, -0.2) is 14.4 Å². The number of aliphatic imine (C=N–C) groups is 1. The van der Waals surface area contributed by atoms with Gasteiger partial charge in [-0.05, 0) is 30.3 Å². The van der Waals surface area contributed by atoms with Crippen molar-refractivity contribution in [3.8, 4) is 0 Å². The number of anilines is 1. The summed E-state index contributed by atoms with van der Waals surface area (Å²) in [4.78, 5) is 13.3. The molecule has 0 amide bonds. The first-order chi connectivity index (χ1) is 13.7. The van der Waals surface area contributed by atoms with Crippen molar-refractivity contribution in [1.29, 1.82) is 0 Å². The fourth-order valence-corrected chi connectivity index (χ4v) is 3.91. The number of nitrogens with one attached hydrogen (secondary N) is 1. The molecule has 1 aromatic heterocycles. The van der Waals surface area contributed by atoms with Crippen LogP contribution in [0.5, 0.6) is 0 Å². The van der Waals surface area contributed by atoms with E-state index in [-0.39, 0.29) is 12.4 Å². The van der Waals surface area contributed by atoms with Gasteiger partial charge >= 0.3 is 0 Å². The van der Waals surface area contributed by atoms with E-state index in [9.17, 15) is 9.50 Å². The number of aliphatic hydroxyl groups is 1. The minimum absolute atomic E-state index is 0.0545. The van der Waals surface area contributed by atoms with Crippen molar-refractivity contribution in [3.63, 3.8) is 0 Å². The molecule has 2 aliphatic rings. The number of nitrogens with zero attached hydrogens (tertiary/aromatic N) is 5. The Kier molecular flexibility index (Phi) is 4.19. The van der Waals surface area contributed by atoms with Gasteiger partial charge in [0, 0.05) is 17.1 Å². The van der Waals surface area contributed by atoms with E-state index in [0.29, 0.717) is 42.4 Å². The zero-order valence-corrected chi connectivity index (χ0v) is 15.6. The number of para-hydroxylation sites is 2.